The second-order valence-electron chi connectivity index (χ2n) is 4.34. The Bertz CT molecular complexity index is 486. The van der Waals surface area contributed by atoms with E-state index in [0.29, 0.717) is 4.91 Å². The van der Waals surface area contributed by atoms with E-state index in [0.717, 1.165) is 16.7 Å². The number of aliphatic carboxylic acids is 1. The molecule has 8 heteroatoms. The van der Waals surface area contributed by atoms with Crippen LogP contribution in [-0.4, -0.2) is 51.0 Å². The van der Waals surface area contributed by atoms with E-state index in [9.17, 15) is 19.5 Å². The molecule has 1 fully saturated rings. The van der Waals surface area contributed by atoms with E-state index in [1.165, 1.54) is 13.8 Å². The van der Waals surface area contributed by atoms with Crippen molar-refractivity contribution in [3.8, 4) is 0 Å². The first kappa shape index (κ1) is 13.9. The summed E-state index contributed by atoms with van der Waals surface area (Å²) in [6.45, 7) is 2.54. The van der Waals surface area contributed by atoms with Gasteiger partial charge in [0.15, 0.2) is 0 Å². The van der Waals surface area contributed by atoms with Gasteiger partial charge in [0, 0.05) is 6.92 Å². The molecule has 104 valence electrons. The summed E-state index contributed by atoms with van der Waals surface area (Å²) < 4.78 is 4.78. The zero-order valence-corrected chi connectivity index (χ0v) is 11.1. The molecule has 2 aliphatic rings. The van der Waals surface area contributed by atoms with Crippen molar-refractivity contribution in [3.63, 3.8) is 0 Å². The number of carboxylic acid groups (broad SMARTS) is 1. The van der Waals surface area contributed by atoms with E-state index in [1.54, 1.807) is 0 Å². The third-order valence-electron chi connectivity index (χ3n) is 2.98. The maximum atomic E-state index is 11.8. The van der Waals surface area contributed by atoms with Crippen LogP contribution in [-0.2, 0) is 19.1 Å². The van der Waals surface area contributed by atoms with Crippen LogP contribution in [0, 0.1) is 5.92 Å². The highest BCUT2D eigenvalue weighted by atomic mass is 32.2. The fraction of sp³-hybridized carbons (Fsp3) is 0.545. The van der Waals surface area contributed by atoms with Crippen molar-refractivity contribution in [1.82, 2.24) is 4.90 Å². The average molecular weight is 287 g/mol. The van der Waals surface area contributed by atoms with Gasteiger partial charge in [0.1, 0.15) is 17.7 Å². The average Bonchev–Trinajstić information content (AvgIpc) is 2.60. The van der Waals surface area contributed by atoms with Crippen LogP contribution in [0.2, 0.25) is 0 Å². The molecule has 0 aliphatic carbocycles. The van der Waals surface area contributed by atoms with E-state index in [4.69, 9.17) is 9.84 Å². The number of thioether (sulfide) groups is 1. The van der Waals surface area contributed by atoms with Gasteiger partial charge < -0.3 is 14.9 Å². The normalized spacial score (nSPS) is 26.9. The molecule has 2 rings (SSSR count). The van der Waals surface area contributed by atoms with Gasteiger partial charge in [-0.2, -0.15) is 0 Å². The number of nitrogens with zero attached hydrogens (tertiary/aromatic N) is 1. The van der Waals surface area contributed by atoms with Crippen LogP contribution < -0.4 is 0 Å². The minimum Gasteiger partial charge on any atom is -0.477 e. The highest BCUT2D eigenvalue weighted by Crippen LogP contribution is 2.50. The first-order chi connectivity index (χ1) is 8.84. The van der Waals surface area contributed by atoms with E-state index < -0.39 is 35.2 Å². The van der Waals surface area contributed by atoms with Gasteiger partial charge in [-0.25, -0.2) is 4.79 Å². The summed E-state index contributed by atoms with van der Waals surface area (Å²) in [4.78, 5) is 35.3. The Hall–Kier alpha value is -1.54. The minimum absolute atomic E-state index is 0.154. The molecule has 2 heterocycles. The van der Waals surface area contributed by atoms with Gasteiger partial charge in [0.25, 0.3) is 0 Å². The highest BCUT2D eigenvalue weighted by molar-refractivity contribution is 8.04. The van der Waals surface area contributed by atoms with Gasteiger partial charge in [-0.15, -0.1) is 0 Å². The number of esters is 1. The van der Waals surface area contributed by atoms with Crippen LogP contribution in [0.3, 0.4) is 0 Å². The second-order valence-corrected chi connectivity index (χ2v) is 5.55. The molecule has 3 atom stereocenters. The standard InChI is InChI=1S/C11H13NO6S/c1-4(13)7-9(15)12-8(11(16)17)6(19-10(7)12)3-18-5(2)14/h4,7,10,13H,3H2,1-2H3,(H,16,17)/t4-,7?,10-/m1/s1. The Labute approximate surface area is 113 Å². The number of β-lactam (4-membered cyclic amide) rings is 1. The third-order valence-corrected chi connectivity index (χ3v) is 4.32. The molecule has 0 aromatic rings. The van der Waals surface area contributed by atoms with Crippen molar-refractivity contribution in [2.75, 3.05) is 6.61 Å². The van der Waals surface area contributed by atoms with Gasteiger partial charge >= 0.3 is 11.9 Å². The number of aliphatic hydroxyl groups excluding tert-OH is 1. The molecule has 1 unspecified atom stereocenters. The molecule has 0 radical (unpaired) electrons. The zero-order chi connectivity index (χ0) is 14.3. The lowest BCUT2D eigenvalue weighted by atomic mass is 9.92. The predicted octanol–water partition coefficient (Wildman–Crippen LogP) is -0.242. The van der Waals surface area contributed by atoms with Crippen molar-refractivity contribution in [3.05, 3.63) is 10.6 Å². The number of fused-ring (bicyclic) bond motifs is 1. The smallest absolute Gasteiger partial charge is 0.353 e. The molecule has 0 aromatic carbocycles. The van der Waals surface area contributed by atoms with Crippen molar-refractivity contribution in [2.45, 2.75) is 25.3 Å². The number of hydrogen-bond acceptors (Lipinski definition) is 6. The fourth-order valence-corrected chi connectivity index (χ4v) is 3.64. The summed E-state index contributed by atoms with van der Waals surface area (Å²) in [6.07, 6.45) is -0.843. The highest BCUT2D eigenvalue weighted by Gasteiger charge is 2.57. The number of aliphatic hydroxyl groups is 1. The summed E-state index contributed by atoms with van der Waals surface area (Å²) in [5.74, 6) is -2.79. The second kappa shape index (κ2) is 4.86. The number of carboxylic acids is 1. The summed E-state index contributed by atoms with van der Waals surface area (Å²) in [7, 11) is 0. The Morgan fingerprint density at radius 2 is 2.16 bits per heavy atom. The topological polar surface area (TPSA) is 104 Å². The van der Waals surface area contributed by atoms with Crippen LogP contribution in [0.5, 0.6) is 0 Å². The minimum atomic E-state index is -1.24. The summed E-state index contributed by atoms with van der Waals surface area (Å²) in [6, 6.07) is 0. The fourth-order valence-electron chi connectivity index (χ4n) is 2.12. The van der Waals surface area contributed by atoms with E-state index in [2.05, 4.69) is 0 Å². The van der Waals surface area contributed by atoms with Crippen molar-refractivity contribution in [2.24, 2.45) is 5.92 Å². The monoisotopic (exact) mass is 287 g/mol. The first-order valence-corrected chi connectivity index (χ1v) is 6.50. The van der Waals surface area contributed by atoms with E-state index >= 15 is 0 Å². The molecule has 19 heavy (non-hydrogen) atoms. The zero-order valence-electron chi connectivity index (χ0n) is 10.3. The molecular weight excluding hydrogens is 274 g/mol. The van der Waals surface area contributed by atoms with Crippen LogP contribution in [0.1, 0.15) is 13.8 Å². The summed E-state index contributed by atoms with van der Waals surface area (Å²) >= 11 is 1.15. The quantitative estimate of drug-likeness (QED) is 0.543. The molecular formula is C11H13NO6S. The molecule has 1 amide bonds. The van der Waals surface area contributed by atoms with Gasteiger partial charge in [0.2, 0.25) is 5.91 Å². The molecule has 2 N–H and O–H groups in total. The predicted molar refractivity (Wildman–Crippen MR) is 64.7 cm³/mol. The van der Waals surface area contributed by atoms with Crippen LogP contribution in [0.4, 0.5) is 0 Å². The van der Waals surface area contributed by atoms with Gasteiger partial charge in [-0.05, 0) is 6.92 Å². The largest absolute Gasteiger partial charge is 0.477 e. The number of rotatable bonds is 4. The lowest BCUT2D eigenvalue weighted by Gasteiger charge is -2.43. The van der Waals surface area contributed by atoms with Gasteiger partial charge in [0.05, 0.1) is 16.9 Å². The van der Waals surface area contributed by atoms with Gasteiger partial charge in [-0.1, -0.05) is 11.8 Å². The Balaban J connectivity index is 2.21. The Morgan fingerprint density at radius 1 is 1.53 bits per heavy atom. The summed E-state index contributed by atoms with van der Waals surface area (Å²) in [5.41, 5.74) is -0.154. The lowest BCUT2D eigenvalue weighted by Crippen LogP contribution is -2.60. The van der Waals surface area contributed by atoms with E-state index in [1.807, 2.05) is 0 Å². The van der Waals surface area contributed by atoms with E-state index in [-0.39, 0.29) is 12.3 Å². The number of carbonyl (C=O) groups is 3. The molecule has 0 saturated carbocycles. The third kappa shape index (κ3) is 2.21. The van der Waals surface area contributed by atoms with Crippen molar-refractivity contribution >= 4 is 29.6 Å². The van der Waals surface area contributed by atoms with Crippen LogP contribution in [0.15, 0.2) is 10.6 Å². The molecule has 0 aromatic heterocycles. The van der Waals surface area contributed by atoms with Crippen LogP contribution in [0.25, 0.3) is 0 Å². The Kier molecular flexibility index (Phi) is 3.55. The molecule has 0 bridgehead atoms. The first-order valence-electron chi connectivity index (χ1n) is 5.62. The molecule has 2 aliphatic heterocycles. The van der Waals surface area contributed by atoms with Gasteiger partial charge in [-0.3, -0.25) is 14.5 Å². The summed E-state index contributed by atoms with van der Waals surface area (Å²) in [5, 5.41) is 18.2. The number of hydrogen-bond donors (Lipinski definition) is 2. The molecule has 0 spiro atoms. The van der Waals surface area contributed by atoms with Crippen molar-refractivity contribution < 1.29 is 29.3 Å². The molecule has 7 nitrogen and oxygen atoms in total. The SMILES string of the molecule is CC(=O)OCC1=C(C(=O)O)N2C(=O)C([C@@H](C)O)[C@H]2S1. The lowest BCUT2D eigenvalue weighted by molar-refractivity contribution is -0.156. The van der Waals surface area contributed by atoms with Crippen molar-refractivity contribution in [1.29, 1.82) is 0 Å². The Morgan fingerprint density at radius 3 is 2.63 bits per heavy atom. The number of carbonyl (C=O) groups excluding carboxylic acids is 2. The maximum Gasteiger partial charge on any atom is 0.353 e. The molecule has 1 saturated heterocycles. The van der Waals surface area contributed by atoms with Crippen LogP contribution >= 0.6 is 11.8 Å². The number of amides is 1. The number of ether oxygens (including phenoxy) is 1. The maximum absolute atomic E-state index is 11.8.